The lowest BCUT2D eigenvalue weighted by Crippen LogP contribution is -2.14. The third-order valence-electron chi connectivity index (χ3n) is 4.00. The van der Waals surface area contributed by atoms with E-state index in [0.29, 0.717) is 23.8 Å². The number of amides is 1. The number of halogens is 1. The second-order valence-electron chi connectivity index (χ2n) is 5.77. The monoisotopic (exact) mass is 366 g/mol. The molecule has 0 saturated carbocycles. The Bertz CT molecular complexity index is 1050. The summed E-state index contributed by atoms with van der Waals surface area (Å²) in [6.45, 7) is 0.544. The van der Waals surface area contributed by atoms with Crippen LogP contribution in [0.15, 0.2) is 60.2 Å². The van der Waals surface area contributed by atoms with Gasteiger partial charge in [0.25, 0.3) is 0 Å². The number of nitrogens with one attached hydrogen (secondary N) is 1. The largest absolute Gasteiger partial charge is 0.330 e. The molecule has 0 bridgehead atoms. The molecule has 130 valence electrons. The van der Waals surface area contributed by atoms with Crippen molar-refractivity contribution < 1.29 is 9.18 Å². The normalized spacial score (nSPS) is 11.0. The van der Waals surface area contributed by atoms with Gasteiger partial charge in [-0.05, 0) is 36.4 Å². The van der Waals surface area contributed by atoms with Gasteiger partial charge in [0.1, 0.15) is 5.82 Å². The van der Waals surface area contributed by atoms with Crippen molar-refractivity contribution in [3.8, 4) is 11.3 Å². The van der Waals surface area contributed by atoms with E-state index < -0.39 is 0 Å². The average Bonchev–Trinajstić information content (AvgIpc) is 3.28. The Morgan fingerprint density at radius 2 is 1.96 bits per heavy atom. The Morgan fingerprint density at radius 1 is 1.15 bits per heavy atom. The van der Waals surface area contributed by atoms with Crippen molar-refractivity contribution in [2.24, 2.45) is 0 Å². The first-order valence-corrected chi connectivity index (χ1v) is 8.98. The molecule has 5 nitrogen and oxygen atoms in total. The maximum atomic E-state index is 13.0. The summed E-state index contributed by atoms with van der Waals surface area (Å²) >= 11 is 1.35. The van der Waals surface area contributed by atoms with E-state index in [0.717, 1.165) is 16.6 Å². The van der Waals surface area contributed by atoms with Gasteiger partial charge >= 0.3 is 0 Å². The van der Waals surface area contributed by atoms with Gasteiger partial charge in [-0.1, -0.05) is 12.1 Å². The summed E-state index contributed by atoms with van der Waals surface area (Å²) in [5, 5.41) is 5.19. The van der Waals surface area contributed by atoms with Crippen LogP contribution in [-0.2, 0) is 11.3 Å². The number of hydrogen-bond donors (Lipinski definition) is 1. The first-order valence-electron chi connectivity index (χ1n) is 8.10. The van der Waals surface area contributed by atoms with Crippen LogP contribution < -0.4 is 5.32 Å². The van der Waals surface area contributed by atoms with E-state index >= 15 is 0 Å². The van der Waals surface area contributed by atoms with Crippen LogP contribution in [0.4, 0.5) is 9.52 Å². The minimum absolute atomic E-state index is 0.109. The molecule has 2 aromatic heterocycles. The fraction of sp³-hybridized carbons (Fsp3) is 0.105. The standard InChI is InChI=1S/C19H15FN4OS/c20-14-7-5-13(6-8-14)16-11-26-19(22-16)23-18(25)9-10-24-12-21-15-3-1-2-4-17(15)24/h1-8,11-12H,9-10H2,(H,22,23,25). The lowest BCUT2D eigenvalue weighted by molar-refractivity contribution is -0.116. The van der Waals surface area contributed by atoms with Gasteiger partial charge in [-0.15, -0.1) is 11.3 Å². The van der Waals surface area contributed by atoms with Crippen LogP contribution in [0.25, 0.3) is 22.3 Å². The summed E-state index contributed by atoms with van der Waals surface area (Å²) in [6.07, 6.45) is 2.07. The first kappa shape index (κ1) is 16.4. The van der Waals surface area contributed by atoms with Crippen molar-refractivity contribution >= 4 is 33.4 Å². The van der Waals surface area contributed by atoms with Crippen molar-refractivity contribution in [3.63, 3.8) is 0 Å². The van der Waals surface area contributed by atoms with E-state index in [1.165, 1.54) is 23.5 Å². The predicted octanol–water partition coefficient (Wildman–Crippen LogP) is 4.33. The molecule has 0 aliphatic carbocycles. The molecule has 0 unspecified atom stereocenters. The molecule has 4 aromatic rings. The number of carbonyl (C=O) groups excluding carboxylic acids is 1. The molecule has 2 heterocycles. The number of hydrogen-bond acceptors (Lipinski definition) is 4. The molecule has 1 N–H and O–H groups in total. The van der Waals surface area contributed by atoms with Crippen LogP contribution in [0.1, 0.15) is 6.42 Å². The predicted molar refractivity (Wildman–Crippen MR) is 100 cm³/mol. The Morgan fingerprint density at radius 3 is 2.81 bits per heavy atom. The Kier molecular flexibility index (Phi) is 4.45. The van der Waals surface area contributed by atoms with Crippen LogP contribution in [-0.4, -0.2) is 20.4 Å². The fourth-order valence-electron chi connectivity index (χ4n) is 2.68. The fourth-order valence-corrected chi connectivity index (χ4v) is 3.41. The van der Waals surface area contributed by atoms with Gasteiger partial charge in [0, 0.05) is 23.9 Å². The number of aromatic nitrogens is 3. The second-order valence-corrected chi connectivity index (χ2v) is 6.63. The lowest BCUT2D eigenvalue weighted by Gasteiger charge is -2.04. The highest BCUT2D eigenvalue weighted by Crippen LogP contribution is 2.25. The maximum Gasteiger partial charge on any atom is 0.227 e. The smallest absolute Gasteiger partial charge is 0.227 e. The van der Waals surface area contributed by atoms with Gasteiger partial charge in [0.05, 0.1) is 23.1 Å². The zero-order chi connectivity index (χ0) is 17.9. The number of imidazole rings is 1. The van der Waals surface area contributed by atoms with Crippen LogP contribution >= 0.6 is 11.3 Å². The van der Waals surface area contributed by atoms with E-state index in [-0.39, 0.29) is 11.7 Å². The highest BCUT2D eigenvalue weighted by Gasteiger charge is 2.09. The Balaban J connectivity index is 1.38. The molecular formula is C19H15FN4OS. The molecule has 26 heavy (non-hydrogen) atoms. The molecule has 0 radical (unpaired) electrons. The van der Waals surface area contributed by atoms with E-state index in [9.17, 15) is 9.18 Å². The van der Waals surface area contributed by atoms with Crippen LogP contribution in [0.3, 0.4) is 0 Å². The number of thiazole rings is 1. The van der Waals surface area contributed by atoms with Crippen molar-refractivity contribution in [2.45, 2.75) is 13.0 Å². The van der Waals surface area contributed by atoms with Gasteiger partial charge in [0.2, 0.25) is 5.91 Å². The molecule has 7 heteroatoms. The summed E-state index contributed by atoms with van der Waals surface area (Å²) < 4.78 is 15.0. The van der Waals surface area contributed by atoms with Crippen molar-refractivity contribution in [1.29, 1.82) is 0 Å². The minimum Gasteiger partial charge on any atom is -0.330 e. The van der Waals surface area contributed by atoms with Gasteiger partial charge in [-0.2, -0.15) is 0 Å². The molecule has 4 rings (SSSR count). The molecule has 1 amide bonds. The zero-order valence-electron chi connectivity index (χ0n) is 13.7. The third-order valence-corrected chi connectivity index (χ3v) is 4.76. The van der Waals surface area contributed by atoms with Gasteiger partial charge in [-0.25, -0.2) is 14.4 Å². The summed E-state index contributed by atoms with van der Waals surface area (Å²) in [5.74, 6) is -0.396. The van der Waals surface area contributed by atoms with E-state index in [4.69, 9.17) is 0 Å². The van der Waals surface area contributed by atoms with E-state index in [2.05, 4.69) is 15.3 Å². The van der Waals surface area contributed by atoms with E-state index in [1.807, 2.05) is 34.2 Å². The van der Waals surface area contributed by atoms with Gasteiger partial charge in [0.15, 0.2) is 5.13 Å². The number of aryl methyl sites for hydroxylation is 1. The number of para-hydroxylation sites is 2. The second kappa shape index (κ2) is 7.05. The number of nitrogens with zero attached hydrogens (tertiary/aromatic N) is 3. The van der Waals surface area contributed by atoms with Crippen molar-refractivity contribution in [2.75, 3.05) is 5.32 Å². The number of anilines is 1. The molecule has 0 spiro atoms. The lowest BCUT2D eigenvalue weighted by atomic mass is 10.2. The van der Waals surface area contributed by atoms with E-state index in [1.54, 1.807) is 18.5 Å². The summed E-state index contributed by atoms with van der Waals surface area (Å²) in [6, 6.07) is 13.9. The van der Waals surface area contributed by atoms with Crippen LogP contribution in [0.2, 0.25) is 0 Å². The Hall–Kier alpha value is -3.06. The molecule has 0 saturated heterocycles. The maximum absolute atomic E-state index is 13.0. The first-order chi connectivity index (χ1) is 12.7. The zero-order valence-corrected chi connectivity index (χ0v) is 14.5. The molecule has 0 fully saturated rings. The minimum atomic E-state index is -0.287. The highest BCUT2D eigenvalue weighted by atomic mass is 32.1. The van der Waals surface area contributed by atoms with Crippen LogP contribution in [0, 0.1) is 5.82 Å². The molecular weight excluding hydrogens is 351 g/mol. The number of fused-ring (bicyclic) bond motifs is 1. The van der Waals surface area contributed by atoms with Crippen LogP contribution in [0.5, 0.6) is 0 Å². The Labute approximate surface area is 153 Å². The molecule has 0 aliphatic heterocycles. The molecule has 0 atom stereocenters. The van der Waals surface area contributed by atoms with Crippen molar-refractivity contribution in [1.82, 2.24) is 14.5 Å². The van der Waals surface area contributed by atoms with Gasteiger partial charge < -0.3 is 9.88 Å². The van der Waals surface area contributed by atoms with Gasteiger partial charge in [-0.3, -0.25) is 4.79 Å². The van der Waals surface area contributed by atoms with Crippen molar-refractivity contribution in [3.05, 3.63) is 66.1 Å². The quantitative estimate of drug-likeness (QED) is 0.572. The topological polar surface area (TPSA) is 59.8 Å². The SMILES string of the molecule is O=C(CCn1cnc2ccccc21)Nc1nc(-c2ccc(F)cc2)cs1. The number of rotatable bonds is 5. The third kappa shape index (κ3) is 3.48. The average molecular weight is 366 g/mol. The summed E-state index contributed by atoms with van der Waals surface area (Å²) in [5.41, 5.74) is 3.45. The molecule has 2 aromatic carbocycles. The molecule has 0 aliphatic rings. The number of carbonyl (C=O) groups is 1. The summed E-state index contributed by atoms with van der Waals surface area (Å²) in [7, 11) is 0. The summed E-state index contributed by atoms with van der Waals surface area (Å²) in [4.78, 5) is 20.9. The highest BCUT2D eigenvalue weighted by molar-refractivity contribution is 7.14. The number of benzene rings is 2.